The lowest BCUT2D eigenvalue weighted by molar-refractivity contribution is 0.0640. The van der Waals surface area contributed by atoms with Gasteiger partial charge in [-0.2, -0.15) is 0 Å². The monoisotopic (exact) mass is 291 g/mol. The maximum atomic E-state index is 12.7. The Bertz CT molecular complexity index is 454. The van der Waals surface area contributed by atoms with Crippen LogP contribution in [-0.2, 0) is 12.8 Å². The van der Waals surface area contributed by atoms with E-state index in [1.165, 1.54) is 61.8 Å². The molecule has 3 rings (SSSR count). The molecule has 1 saturated heterocycles. The third-order valence-electron chi connectivity index (χ3n) is 4.77. The number of hydrogen-bond acceptors (Lipinski definition) is 2. The number of piperidine rings is 1. The molecule has 1 fully saturated rings. The van der Waals surface area contributed by atoms with Crippen molar-refractivity contribution in [2.45, 2.75) is 70.8 Å². The summed E-state index contributed by atoms with van der Waals surface area (Å²) >= 11 is 1.77. The van der Waals surface area contributed by atoms with Crippen LogP contribution in [0.25, 0.3) is 0 Å². The lowest BCUT2D eigenvalue weighted by Crippen LogP contribution is -2.41. The average molecular weight is 291 g/mol. The average Bonchev–Trinajstić information content (AvgIpc) is 2.81. The zero-order chi connectivity index (χ0) is 13.9. The summed E-state index contributed by atoms with van der Waals surface area (Å²) in [5.41, 5.74) is 1.46. The summed E-state index contributed by atoms with van der Waals surface area (Å²) in [5, 5.41) is 0. The van der Waals surface area contributed by atoms with Gasteiger partial charge < -0.3 is 4.90 Å². The van der Waals surface area contributed by atoms with E-state index in [0.717, 1.165) is 17.8 Å². The number of fused-ring (bicyclic) bond motifs is 1. The third kappa shape index (κ3) is 2.93. The van der Waals surface area contributed by atoms with E-state index in [2.05, 4.69) is 17.9 Å². The molecule has 0 radical (unpaired) electrons. The van der Waals surface area contributed by atoms with E-state index in [-0.39, 0.29) is 5.91 Å². The molecule has 1 unspecified atom stereocenters. The second kappa shape index (κ2) is 6.30. The fourth-order valence-corrected chi connectivity index (χ4v) is 4.70. The molecule has 110 valence electrons. The van der Waals surface area contributed by atoms with Crippen LogP contribution in [0, 0.1) is 0 Å². The quantitative estimate of drug-likeness (QED) is 0.750. The van der Waals surface area contributed by atoms with Crippen molar-refractivity contribution in [1.29, 1.82) is 0 Å². The first-order valence-corrected chi connectivity index (χ1v) is 9.00. The number of carbonyl (C=O) groups is 1. The standard InChI is InChI=1S/C17H25NOS/c1-13-8-6-7-11-18(13)17(19)16-12-14-9-4-2-3-5-10-15(14)20-16/h12-13H,2-11H2,1H3. The zero-order valence-corrected chi connectivity index (χ0v) is 13.3. The molecule has 1 atom stereocenters. The van der Waals surface area contributed by atoms with Gasteiger partial charge in [-0.25, -0.2) is 0 Å². The number of nitrogens with zero attached hydrogens (tertiary/aromatic N) is 1. The minimum absolute atomic E-state index is 0.286. The van der Waals surface area contributed by atoms with Crippen LogP contribution in [0.15, 0.2) is 6.07 Å². The van der Waals surface area contributed by atoms with Gasteiger partial charge in [0, 0.05) is 17.5 Å². The number of thiophene rings is 1. The molecule has 2 heterocycles. The van der Waals surface area contributed by atoms with Crippen LogP contribution in [0.4, 0.5) is 0 Å². The number of likely N-dealkylation sites (tertiary alicyclic amines) is 1. The van der Waals surface area contributed by atoms with E-state index in [1.807, 2.05) is 0 Å². The molecule has 1 amide bonds. The minimum Gasteiger partial charge on any atom is -0.335 e. The van der Waals surface area contributed by atoms with E-state index in [1.54, 1.807) is 11.3 Å². The Labute approximate surface area is 126 Å². The summed E-state index contributed by atoms with van der Waals surface area (Å²) in [6, 6.07) is 2.62. The minimum atomic E-state index is 0.286. The molecule has 0 N–H and O–H groups in total. The summed E-state index contributed by atoms with van der Waals surface area (Å²) in [5.74, 6) is 0.286. The van der Waals surface area contributed by atoms with Crippen LogP contribution in [0.3, 0.4) is 0 Å². The Morgan fingerprint density at radius 1 is 1.15 bits per heavy atom. The van der Waals surface area contributed by atoms with Crippen LogP contribution >= 0.6 is 11.3 Å². The summed E-state index contributed by atoms with van der Waals surface area (Å²) in [6.07, 6.45) is 11.2. The van der Waals surface area contributed by atoms with Gasteiger partial charge in [-0.15, -0.1) is 11.3 Å². The molecule has 2 aliphatic rings. The number of aryl methyl sites for hydroxylation is 2. The molecule has 3 heteroatoms. The molecule has 0 spiro atoms. The van der Waals surface area contributed by atoms with Crippen molar-refractivity contribution in [2.24, 2.45) is 0 Å². The van der Waals surface area contributed by atoms with Crippen molar-refractivity contribution >= 4 is 17.2 Å². The van der Waals surface area contributed by atoms with Gasteiger partial charge in [-0.1, -0.05) is 12.8 Å². The van der Waals surface area contributed by atoms with Crippen LogP contribution in [0.2, 0.25) is 0 Å². The van der Waals surface area contributed by atoms with Crippen molar-refractivity contribution < 1.29 is 4.79 Å². The first-order chi connectivity index (χ1) is 9.75. The molecule has 1 aliphatic heterocycles. The van der Waals surface area contributed by atoms with E-state index in [9.17, 15) is 4.79 Å². The van der Waals surface area contributed by atoms with E-state index < -0.39 is 0 Å². The summed E-state index contributed by atoms with van der Waals surface area (Å²) < 4.78 is 0. The maximum Gasteiger partial charge on any atom is 0.264 e. The van der Waals surface area contributed by atoms with E-state index in [4.69, 9.17) is 0 Å². The Kier molecular flexibility index (Phi) is 4.45. The van der Waals surface area contributed by atoms with Gasteiger partial charge in [0.2, 0.25) is 0 Å². The van der Waals surface area contributed by atoms with Gasteiger partial charge in [0.25, 0.3) is 5.91 Å². The first kappa shape index (κ1) is 14.1. The fourth-order valence-electron chi connectivity index (χ4n) is 3.49. The van der Waals surface area contributed by atoms with E-state index in [0.29, 0.717) is 6.04 Å². The molecule has 0 saturated carbocycles. The summed E-state index contributed by atoms with van der Waals surface area (Å²) in [6.45, 7) is 3.14. The summed E-state index contributed by atoms with van der Waals surface area (Å²) in [4.78, 5) is 17.3. The van der Waals surface area contributed by atoms with Crippen molar-refractivity contribution in [1.82, 2.24) is 4.90 Å². The largest absolute Gasteiger partial charge is 0.335 e. The third-order valence-corrected chi connectivity index (χ3v) is 6.00. The molecular weight excluding hydrogens is 266 g/mol. The molecule has 20 heavy (non-hydrogen) atoms. The van der Waals surface area contributed by atoms with Crippen LogP contribution < -0.4 is 0 Å². The Balaban J connectivity index is 1.79. The SMILES string of the molecule is CC1CCCCN1C(=O)c1cc2c(s1)CCCCCC2. The van der Waals surface area contributed by atoms with Gasteiger partial charge in [-0.05, 0) is 63.5 Å². The number of carbonyl (C=O) groups excluding carboxylic acids is 1. The van der Waals surface area contributed by atoms with Gasteiger partial charge in [0.1, 0.15) is 0 Å². The van der Waals surface area contributed by atoms with E-state index >= 15 is 0 Å². The second-order valence-corrected chi connectivity index (χ2v) is 7.45. The van der Waals surface area contributed by atoms with Gasteiger partial charge in [-0.3, -0.25) is 4.79 Å². The van der Waals surface area contributed by atoms with Gasteiger partial charge >= 0.3 is 0 Å². The highest BCUT2D eigenvalue weighted by molar-refractivity contribution is 7.14. The van der Waals surface area contributed by atoms with Crippen molar-refractivity contribution in [2.75, 3.05) is 6.54 Å². The van der Waals surface area contributed by atoms with Crippen molar-refractivity contribution in [3.8, 4) is 0 Å². The van der Waals surface area contributed by atoms with Crippen molar-refractivity contribution in [3.63, 3.8) is 0 Å². The van der Waals surface area contributed by atoms with Crippen LogP contribution in [0.5, 0.6) is 0 Å². The number of hydrogen-bond donors (Lipinski definition) is 0. The van der Waals surface area contributed by atoms with Gasteiger partial charge in [0.15, 0.2) is 0 Å². The maximum absolute atomic E-state index is 12.7. The number of rotatable bonds is 1. The second-order valence-electron chi connectivity index (χ2n) is 6.32. The van der Waals surface area contributed by atoms with Crippen molar-refractivity contribution in [3.05, 3.63) is 21.4 Å². The zero-order valence-electron chi connectivity index (χ0n) is 12.5. The predicted molar refractivity (Wildman–Crippen MR) is 84.5 cm³/mol. The first-order valence-electron chi connectivity index (χ1n) is 8.18. The topological polar surface area (TPSA) is 20.3 Å². The predicted octanol–water partition coefficient (Wildman–Crippen LogP) is 4.42. The Morgan fingerprint density at radius 2 is 1.95 bits per heavy atom. The molecule has 2 nitrogen and oxygen atoms in total. The molecule has 1 aliphatic carbocycles. The van der Waals surface area contributed by atoms with Gasteiger partial charge in [0.05, 0.1) is 4.88 Å². The highest BCUT2D eigenvalue weighted by Crippen LogP contribution is 2.30. The normalized spacial score (nSPS) is 23.9. The smallest absolute Gasteiger partial charge is 0.264 e. The Hall–Kier alpha value is -0.830. The molecular formula is C17H25NOS. The number of amides is 1. The summed E-state index contributed by atoms with van der Waals surface area (Å²) in [7, 11) is 0. The Morgan fingerprint density at radius 3 is 2.75 bits per heavy atom. The highest BCUT2D eigenvalue weighted by atomic mass is 32.1. The fraction of sp³-hybridized carbons (Fsp3) is 0.706. The molecule has 1 aromatic heterocycles. The van der Waals surface area contributed by atoms with Crippen LogP contribution in [0.1, 0.15) is 72.0 Å². The molecule has 1 aromatic rings. The molecule has 0 aromatic carbocycles. The molecule has 0 bridgehead atoms. The van der Waals surface area contributed by atoms with Crippen LogP contribution in [-0.4, -0.2) is 23.4 Å². The lowest BCUT2D eigenvalue weighted by Gasteiger charge is -2.33. The lowest BCUT2D eigenvalue weighted by atomic mass is 9.99. The highest BCUT2D eigenvalue weighted by Gasteiger charge is 2.26.